The molecule has 1 amide bonds. The van der Waals surface area contributed by atoms with Crippen LogP contribution in [0.1, 0.15) is 59.9 Å². The zero-order valence-corrected chi connectivity index (χ0v) is 32.8. The Balaban J connectivity index is 1.15. The third kappa shape index (κ3) is 7.17. The summed E-state index contributed by atoms with van der Waals surface area (Å²) in [5, 5.41) is 0. The summed E-state index contributed by atoms with van der Waals surface area (Å²) in [5.74, 6) is -0.467. The average molecular weight is 782 g/mol. The predicted molar refractivity (Wildman–Crippen MR) is 229 cm³/mol. The zero-order chi connectivity index (χ0) is 38.1. The standard InChI is InChI=1S/C45H39N3O4S3/c1-3-24-46-43(51)41(55-45(46)53)44-47(28-40(49)52-4-2)42(50)39(54-44)27-30-20-23-38-36(26-30)34-16-11-17-37(34)48(38)33-21-18-29(19-22-33)25-35(31-12-7-5-8-13-31)32-14-9-6-10-15-32/h3,5-10,12-15,18-23,25-27,34,37H,1,4,11,16-17,24,28H2,2H3/b39-27+,44-41+. The van der Waals surface area contributed by atoms with E-state index in [1.54, 1.807) is 13.0 Å². The number of fused-ring (bicyclic) bond motifs is 3. The van der Waals surface area contributed by atoms with Crippen LogP contribution in [0.4, 0.5) is 11.4 Å². The maximum Gasteiger partial charge on any atom is 0.326 e. The van der Waals surface area contributed by atoms with Crippen molar-refractivity contribution < 1.29 is 14.3 Å². The second-order valence-electron chi connectivity index (χ2n) is 13.7. The Labute approximate surface area is 333 Å². The summed E-state index contributed by atoms with van der Waals surface area (Å²) in [7, 11) is 0. The molecule has 55 heavy (non-hydrogen) atoms. The minimum atomic E-state index is -0.543. The first kappa shape index (κ1) is 36.7. The lowest BCUT2D eigenvalue weighted by atomic mass is 9.95. The van der Waals surface area contributed by atoms with Crippen molar-refractivity contribution >= 4 is 85.5 Å². The first-order valence-corrected chi connectivity index (χ1v) is 20.5. The number of carbonyl (C=O) groups is 2. The normalized spacial score (nSPS) is 18.7. The Kier molecular flexibility index (Phi) is 10.6. The van der Waals surface area contributed by atoms with Gasteiger partial charge in [0.05, 0.1) is 11.1 Å². The minimum absolute atomic E-state index is 0.187. The molecule has 0 bridgehead atoms. The summed E-state index contributed by atoms with van der Waals surface area (Å²) in [4.78, 5) is 44.2. The van der Waals surface area contributed by atoms with Gasteiger partial charge in [0.1, 0.15) is 20.4 Å². The fourth-order valence-corrected chi connectivity index (χ4v) is 10.4. The third-order valence-electron chi connectivity index (χ3n) is 10.3. The van der Waals surface area contributed by atoms with E-state index in [4.69, 9.17) is 17.0 Å². The van der Waals surface area contributed by atoms with E-state index >= 15 is 0 Å². The number of ether oxygens (including phenoxy) is 1. The zero-order valence-electron chi connectivity index (χ0n) is 30.4. The summed E-state index contributed by atoms with van der Waals surface area (Å²) in [6, 6.07) is 36.6. The molecule has 8 rings (SSSR count). The molecule has 1 aromatic heterocycles. The van der Waals surface area contributed by atoms with Crippen LogP contribution in [0.15, 0.2) is 121 Å². The third-order valence-corrected chi connectivity index (χ3v) is 13.0. The number of thiocarbonyl (C=S) groups is 1. The second-order valence-corrected chi connectivity index (χ2v) is 16.4. The molecule has 10 heteroatoms. The summed E-state index contributed by atoms with van der Waals surface area (Å²) < 4.78 is 7.75. The number of anilines is 2. The van der Waals surface area contributed by atoms with Crippen LogP contribution in [0.3, 0.4) is 0 Å². The Morgan fingerprint density at radius 2 is 1.62 bits per heavy atom. The SMILES string of the molecule is C=CCN1C(=O)/C(=c2\s/c(=C/c3ccc4c(c3)C3CCCC3N4c3ccc(C=C(c4ccccc4)c4ccccc4)cc3)c(=O)n2CC(=O)OCC)SC1=S. The fraction of sp³-hybridized carbons (Fsp3) is 0.200. The van der Waals surface area contributed by atoms with Crippen LogP contribution >= 0.6 is 35.3 Å². The van der Waals surface area contributed by atoms with E-state index in [-0.39, 0.29) is 31.2 Å². The molecule has 0 spiro atoms. The van der Waals surface area contributed by atoms with Gasteiger partial charge in [-0.15, -0.1) is 17.9 Å². The van der Waals surface area contributed by atoms with E-state index in [0.29, 0.717) is 30.4 Å². The Hall–Kier alpha value is -5.29. The quantitative estimate of drug-likeness (QED) is 0.0620. The lowest BCUT2D eigenvalue weighted by Gasteiger charge is -2.27. The van der Waals surface area contributed by atoms with Crippen LogP contribution < -0.4 is 19.7 Å². The molecule has 3 aliphatic rings. The lowest BCUT2D eigenvalue weighted by Crippen LogP contribution is -2.36. The maximum atomic E-state index is 13.9. The van der Waals surface area contributed by atoms with Gasteiger partial charge in [-0.1, -0.05) is 115 Å². The molecular weight excluding hydrogens is 743 g/mol. The molecule has 0 radical (unpaired) electrons. The summed E-state index contributed by atoms with van der Waals surface area (Å²) in [5.41, 5.74) is 8.84. The van der Waals surface area contributed by atoms with Crippen molar-refractivity contribution in [2.24, 2.45) is 0 Å². The van der Waals surface area contributed by atoms with Crippen molar-refractivity contribution in [1.29, 1.82) is 0 Å². The number of aromatic nitrogens is 1. The van der Waals surface area contributed by atoms with Crippen molar-refractivity contribution in [2.45, 2.75) is 44.7 Å². The molecule has 2 fully saturated rings. The molecule has 5 aromatic rings. The van der Waals surface area contributed by atoms with Crippen molar-refractivity contribution in [3.8, 4) is 0 Å². The number of nitrogens with zero attached hydrogens (tertiary/aromatic N) is 3. The molecule has 1 aliphatic carbocycles. The van der Waals surface area contributed by atoms with Crippen LogP contribution in [0.25, 0.3) is 22.6 Å². The smallest absolute Gasteiger partial charge is 0.326 e. The number of rotatable bonds is 10. The van der Waals surface area contributed by atoms with Crippen LogP contribution in [0.2, 0.25) is 0 Å². The maximum absolute atomic E-state index is 13.9. The van der Waals surface area contributed by atoms with Crippen LogP contribution in [-0.2, 0) is 20.9 Å². The number of thioether (sulfide) groups is 1. The van der Waals surface area contributed by atoms with Gasteiger partial charge < -0.3 is 9.64 Å². The largest absolute Gasteiger partial charge is 0.465 e. The van der Waals surface area contributed by atoms with Gasteiger partial charge >= 0.3 is 5.97 Å². The first-order chi connectivity index (χ1) is 26.8. The van der Waals surface area contributed by atoms with E-state index in [1.165, 1.54) is 48.8 Å². The first-order valence-electron chi connectivity index (χ1n) is 18.5. The molecule has 1 saturated heterocycles. The van der Waals surface area contributed by atoms with E-state index in [1.807, 2.05) is 24.3 Å². The number of esters is 1. The van der Waals surface area contributed by atoms with Gasteiger partial charge in [-0.25, -0.2) is 0 Å². The minimum Gasteiger partial charge on any atom is -0.465 e. The van der Waals surface area contributed by atoms with Crippen molar-refractivity contribution in [1.82, 2.24) is 9.47 Å². The van der Waals surface area contributed by atoms with Gasteiger partial charge in [0, 0.05) is 29.9 Å². The van der Waals surface area contributed by atoms with Crippen molar-refractivity contribution in [3.05, 3.63) is 163 Å². The monoisotopic (exact) mass is 781 g/mol. The molecule has 2 unspecified atom stereocenters. The van der Waals surface area contributed by atoms with E-state index in [2.05, 4.69) is 102 Å². The number of hydrogen-bond donors (Lipinski definition) is 0. The van der Waals surface area contributed by atoms with Gasteiger partial charge in [-0.2, -0.15) is 0 Å². The van der Waals surface area contributed by atoms with E-state index < -0.39 is 5.97 Å². The highest BCUT2D eigenvalue weighted by Gasteiger charge is 2.42. The topological polar surface area (TPSA) is 71.9 Å². The molecule has 7 nitrogen and oxygen atoms in total. The number of amides is 1. The summed E-state index contributed by atoms with van der Waals surface area (Å²) in [6.07, 6.45) is 9.10. The highest BCUT2D eigenvalue weighted by molar-refractivity contribution is 8.30. The number of carbonyl (C=O) groups excluding carboxylic acids is 2. The van der Waals surface area contributed by atoms with Crippen molar-refractivity contribution in [3.63, 3.8) is 0 Å². The lowest BCUT2D eigenvalue weighted by molar-refractivity contribution is -0.143. The van der Waals surface area contributed by atoms with Gasteiger partial charge in [0.25, 0.3) is 11.5 Å². The van der Waals surface area contributed by atoms with Gasteiger partial charge in [-0.3, -0.25) is 23.9 Å². The number of hydrogen-bond acceptors (Lipinski definition) is 8. The van der Waals surface area contributed by atoms with Crippen molar-refractivity contribution in [2.75, 3.05) is 18.1 Å². The summed E-state index contributed by atoms with van der Waals surface area (Å²) >= 11 is 7.81. The summed E-state index contributed by atoms with van der Waals surface area (Å²) in [6.45, 7) is 5.61. The Morgan fingerprint density at radius 3 is 2.29 bits per heavy atom. The highest BCUT2D eigenvalue weighted by atomic mass is 32.2. The van der Waals surface area contributed by atoms with E-state index in [0.717, 1.165) is 47.8 Å². The molecule has 0 N–H and O–H groups in total. The highest BCUT2D eigenvalue weighted by Crippen LogP contribution is 2.52. The molecule has 276 valence electrons. The molecular formula is C45H39N3O4S3. The van der Waals surface area contributed by atoms with Gasteiger partial charge in [-0.05, 0) is 89.6 Å². The average Bonchev–Trinajstić information content (AvgIpc) is 3.95. The molecule has 3 heterocycles. The van der Waals surface area contributed by atoms with Crippen LogP contribution in [0, 0.1) is 0 Å². The number of thiazole rings is 1. The molecule has 1 saturated carbocycles. The number of benzene rings is 4. The molecule has 2 aliphatic heterocycles. The Morgan fingerprint density at radius 1 is 0.927 bits per heavy atom. The molecule has 2 atom stereocenters. The van der Waals surface area contributed by atoms with E-state index in [9.17, 15) is 14.4 Å². The molecule has 4 aromatic carbocycles. The van der Waals surface area contributed by atoms with Crippen LogP contribution in [-0.4, -0.2) is 44.9 Å². The van der Waals surface area contributed by atoms with Gasteiger partial charge in [0.2, 0.25) is 0 Å². The fourth-order valence-electron chi connectivity index (χ4n) is 7.90. The van der Waals surface area contributed by atoms with Crippen LogP contribution in [0.5, 0.6) is 0 Å². The van der Waals surface area contributed by atoms with Gasteiger partial charge in [0.15, 0.2) is 0 Å². The second kappa shape index (κ2) is 15.8. The Bertz CT molecular complexity index is 2480. The predicted octanol–water partition coefficient (Wildman–Crippen LogP) is 7.83.